The number of amides is 2. The first-order valence-corrected chi connectivity index (χ1v) is 8.09. The fraction of sp³-hybridized carbons (Fsp3) is 0.294. The van der Waals surface area contributed by atoms with E-state index in [4.69, 9.17) is 4.74 Å². The molecular formula is C17H20N2O3S. The minimum absolute atomic E-state index is 0.121. The van der Waals surface area contributed by atoms with E-state index in [0.717, 1.165) is 10.6 Å². The van der Waals surface area contributed by atoms with Crippen LogP contribution >= 0.6 is 11.8 Å². The van der Waals surface area contributed by atoms with Crippen molar-refractivity contribution in [1.29, 1.82) is 0 Å². The van der Waals surface area contributed by atoms with Crippen LogP contribution in [0.25, 0.3) is 0 Å². The topological polar surface area (TPSA) is 58.6 Å². The van der Waals surface area contributed by atoms with Gasteiger partial charge >= 0.3 is 0 Å². The van der Waals surface area contributed by atoms with Gasteiger partial charge < -0.3 is 15.0 Å². The van der Waals surface area contributed by atoms with E-state index in [2.05, 4.69) is 11.9 Å². The second kappa shape index (κ2) is 7.99. The standard InChI is InChI=1S/C17H20N2O3S/c1-4-9-19-13-7-5-6-8-14(13)23-15(17(19)21)10-16(20)18-12(2)11-22-3/h4-8,10,12H,1,9,11H2,2-3H3,(H,18,20)/b15-10+/t12-/m1/s1. The highest BCUT2D eigenvalue weighted by Gasteiger charge is 2.28. The molecule has 1 aliphatic rings. The highest BCUT2D eigenvalue weighted by Crippen LogP contribution is 2.41. The Bertz CT molecular complexity index is 642. The van der Waals surface area contributed by atoms with E-state index in [-0.39, 0.29) is 17.9 Å². The summed E-state index contributed by atoms with van der Waals surface area (Å²) in [6, 6.07) is 7.50. The first-order chi connectivity index (χ1) is 11.1. The Hall–Kier alpha value is -2.05. The second-order valence-corrected chi connectivity index (χ2v) is 6.23. The molecule has 0 saturated heterocycles. The molecule has 0 radical (unpaired) electrons. The molecule has 0 aromatic heterocycles. The maximum atomic E-state index is 12.6. The Morgan fingerprint density at radius 1 is 1.48 bits per heavy atom. The van der Waals surface area contributed by atoms with Crippen molar-refractivity contribution in [3.05, 3.63) is 47.9 Å². The number of nitrogens with zero attached hydrogens (tertiary/aromatic N) is 1. The quantitative estimate of drug-likeness (QED) is 0.642. The molecule has 0 spiro atoms. The predicted octanol–water partition coefficient (Wildman–Crippen LogP) is 2.35. The molecule has 6 heteroatoms. The monoisotopic (exact) mass is 332 g/mol. The van der Waals surface area contributed by atoms with E-state index < -0.39 is 0 Å². The van der Waals surface area contributed by atoms with E-state index in [1.165, 1.54) is 17.8 Å². The molecule has 5 nitrogen and oxygen atoms in total. The van der Waals surface area contributed by atoms with Gasteiger partial charge in [-0.15, -0.1) is 6.58 Å². The lowest BCUT2D eigenvalue weighted by atomic mass is 10.2. The fourth-order valence-electron chi connectivity index (χ4n) is 2.27. The Kier molecular flexibility index (Phi) is 6.01. The first kappa shape index (κ1) is 17.3. The first-order valence-electron chi connectivity index (χ1n) is 7.27. The molecule has 0 aliphatic carbocycles. The molecule has 1 heterocycles. The molecule has 23 heavy (non-hydrogen) atoms. The lowest BCUT2D eigenvalue weighted by Gasteiger charge is -2.29. The van der Waals surface area contributed by atoms with Crippen LogP contribution < -0.4 is 10.2 Å². The van der Waals surface area contributed by atoms with Crippen LogP contribution in [0.1, 0.15) is 6.92 Å². The van der Waals surface area contributed by atoms with Gasteiger partial charge in [-0.25, -0.2) is 0 Å². The van der Waals surface area contributed by atoms with Crippen LogP contribution in [0, 0.1) is 0 Å². The molecule has 1 aliphatic heterocycles. The number of fused-ring (bicyclic) bond motifs is 1. The number of para-hydroxylation sites is 1. The van der Waals surface area contributed by atoms with E-state index in [0.29, 0.717) is 18.1 Å². The van der Waals surface area contributed by atoms with Crippen molar-refractivity contribution in [3.8, 4) is 0 Å². The normalized spacial score (nSPS) is 16.9. The van der Waals surface area contributed by atoms with Gasteiger partial charge in [-0.3, -0.25) is 9.59 Å². The predicted molar refractivity (Wildman–Crippen MR) is 92.4 cm³/mol. The average molecular weight is 332 g/mol. The molecule has 122 valence electrons. The smallest absolute Gasteiger partial charge is 0.265 e. The zero-order valence-corrected chi connectivity index (χ0v) is 14.1. The minimum Gasteiger partial charge on any atom is -0.383 e. The second-order valence-electron chi connectivity index (χ2n) is 5.15. The van der Waals surface area contributed by atoms with E-state index in [1.54, 1.807) is 18.1 Å². The summed E-state index contributed by atoms with van der Waals surface area (Å²) >= 11 is 1.31. The Labute approximate surface area is 140 Å². The molecule has 0 unspecified atom stereocenters. The van der Waals surface area contributed by atoms with E-state index in [9.17, 15) is 9.59 Å². The molecule has 2 amide bonds. The maximum Gasteiger partial charge on any atom is 0.265 e. The Morgan fingerprint density at radius 3 is 2.91 bits per heavy atom. The number of rotatable bonds is 6. The minimum atomic E-state index is -0.302. The van der Waals surface area contributed by atoms with Gasteiger partial charge in [0, 0.05) is 30.7 Å². The zero-order valence-electron chi connectivity index (χ0n) is 13.2. The van der Waals surface area contributed by atoms with Crippen molar-refractivity contribution in [3.63, 3.8) is 0 Å². The maximum absolute atomic E-state index is 12.6. The number of carbonyl (C=O) groups excluding carboxylic acids is 2. The summed E-state index contributed by atoms with van der Waals surface area (Å²) in [4.78, 5) is 27.6. The summed E-state index contributed by atoms with van der Waals surface area (Å²) in [5, 5.41) is 2.77. The van der Waals surface area contributed by atoms with Crippen molar-refractivity contribution < 1.29 is 14.3 Å². The van der Waals surface area contributed by atoms with E-state index >= 15 is 0 Å². The third kappa shape index (κ3) is 4.24. The Morgan fingerprint density at radius 2 is 2.22 bits per heavy atom. The highest BCUT2D eigenvalue weighted by molar-refractivity contribution is 8.04. The molecule has 1 N–H and O–H groups in total. The molecule has 1 aromatic carbocycles. The molecule has 1 atom stereocenters. The van der Waals surface area contributed by atoms with Gasteiger partial charge in [0.2, 0.25) is 5.91 Å². The fourth-order valence-corrected chi connectivity index (χ4v) is 3.30. The summed E-state index contributed by atoms with van der Waals surface area (Å²) in [6.45, 7) is 6.35. The van der Waals surface area contributed by atoms with Crippen molar-refractivity contribution in [2.24, 2.45) is 0 Å². The third-order valence-electron chi connectivity index (χ3n) is 3.21. The SMILES string of the molecule is C=CCN1C(=O)/C(=C\C(=O)N[C@H](C)COC)Sc2ccccc21. The van der Waals surface area contributed by atoms with Gasteiger partial charge in [-0.1, -0.05) is 30.0 Å². The number of benzene rings is 1. The number of hydrogen-bond acceptors (Lipinski definition) is 4. The summed E-state index contributed by atoms with van der Waals surface area (Å²) in [5.74, 6) is -0.494. The van der Waals surface area contributed by atoms with Crippen LogP contribution in [0.2, 0.25) is 0 Å². The van der Waals surface area contributed by atoms with Gasteiger partial charge in [0.05, 0.1) is 17.2 Å². The number of thioether (sulfide) groups is 1. The molecule has 1 aromatic rings. The molecule has 2 rings (SSSR count). The van der Waals surface area contributed by atoms with E-state index in [1.807, 2.05) is 31.2 Å². The summed E-state index contributed by atoms with van der Waals surface area (Å²) < 4.78 is 4.98. The highest BCUT2D eigenvalue weighted by atomic mass is 32.2. The number of hydrogen-bond donors (Lipinski definition) is 1. The van der Waals surface area contributed by atoms with Gasteiger partial charge in [0.25, 0.3) is 5.91 Å². The van der Waals surface area contributed by atoms with Crippen LogP contribution in [0.3, 0.4) is 0 Å². The van der Waals surface area contributed by atoms with Crippen LogP contribution in [-0.4, -0.2) is 38.1 Å². The van der Waals surface area contributed by atoms with Gasteiger partial charge in [0.1, 0.15) is 0 Å². The van der Waals surface area contributed by atoms with Crippen LogP contribution in [0.4, 0.5) is 5.69 Å². The average Bonchev–Trinajstić information content (AvgIpc) is 2.51. The lowest BCUT2D eigenvalue weighted by molar-refractivity contribution is -0.118. The van der Waals surface area contributed by atoms with Gasteiger partial charge in [0.15, 0.2) is 0 Å². The number of nitrogens with one attached hydrogen (secondary N) is 1. The number of carbonyl (C=O) groups is 2. The van der Waals surface area contributed by atoms with Crippen LogP contribution in [0.5, 0.6) is 0 Å². The molecular weight excluding hydrogens is 312 g/mol. The van der Waals surface area contributed by atoms with Gasteiger partial charge in [-0.2, -0.15) is 0 Å². The summed E-state index contributed by atoms with van der Waals surface area (Å²) in [6.07, 6.45) is 3.02. The summed E-state index contributed by atoms with van der Waals surface area (Å²) in [7, 11) is 1.58. The van der Waals surface area contributed by atoms with Crippen molar-refractivity contribution in [2.45, 2.75) is 17.9 Å². The van der Waals surface area contributed by atoms with Crippen LogP contribution in [-0.2, 0) is 14.3 Å². The molecule has 0 saturated carbocycles. The zero-order chi connectivity index (χ0) is 16.8. The van der Waals surface area contributed by atoms with Crippen molar-refractivity contribution in [2.75, 3.05) is 25.2 Å². The number of ether oxygens (including phenoxy) is 1. The lowest BCUT2D eigenvalue weighted by Crippen LogP contribution is -2.37. The third-order valence-corrected chi connectivity index (χ3v) is 4.29. The van der Waals surface area contributed by atoms with Crippen LogP contribution in [0.15, 0.2) is 52.8 Å². The van der Waals surface area contributed by atoms with Crippen molar-refractivity contribution >= 4 is 29.3 Å². The number of methoxy groups -OCH3 is 1. The molecule has 0 fully saturated rings. The van der Waals surface area contributed by atoms with Gasteiger partial charge in [-0.05, 0) is 19.1 Å². The Balaban J connectivity index is 2.23. The largest absolute Gasteiger partial charge is 0.383 e. The molecule has 0 bridgehead atoms. The summed E-state index contributed by atoms with van der Waals surface area (Å²) in [5.41, 5.74) is 0.840. The van der Waals surface area contributed by atoms with Crippen molar-refractivity contribution in [1.82, 2.24) is 5.32 Å². The number of anilines is 1.